The molecule has 0 aromatic carbocycles. The summed E-state index contributed by atoms with van der Waals surface area (Å²) in [7, 11) is 0. The number of hydrogen-bond donors (Lipinski definition) is 1. The molecule has 0 amide bonds. The van der Waals surface area contributed by atoms with Crippen molar-refractivity contribution in [3.8, 4) is 0 Å². The van der Waals surface area contributed by atoms with Gasteiger partial charge in [-0.3, -0.25) is 0 Å². The highest BCUT2D eigenvalue weighted by Gasteiger charge is 2.71. The van der Waals surface area contributed by atoms with Gasteiger partial charge < -0.3 is 9.63 Å². The molecular weight excluding hydrogens is 418 g/mol. The number of hydrogen-bond acceptors (Lipinski definition) is 3. The van der Waals surface area contributed by atoms with Crippen LogP contribution >= 0.6 is 0 Å². The fraction of sp³-hybridized carbons (Fsp3) is 0.903. The van der Waals surface area contributed by atoms with Gasteiger partial charge in [-0.15, -0.1) is 0 Å². The summed E-state index contributed by atoms with van der Waals surface area (Å²) in [5.74, 6) is 5.58. The van der Waals surface area contributed by atoms with Crippen molar-refractivity contribution in [1.29, 1.82) is 0 Å². The monoisotopic (exact) mass is 467 g/mol. The van der Waals surface area contributed by atoms with Gasteiger partial charge in [0.05, 0.1) is 6.20 Å². The quantitative estimate of drug-likeness (QED) is 0.492. The van der Waals surface area contributed by atoms with Crippen molar-refractivity contribution in [2.75, 3.05) is 6.61 Å². The summed E-state index contributed by atoms with van der Waals surface area (Å²) in [6.07, 6.45) is 13.7. The normalized spacial score (nSPS) is 51.3. The molecule has 0 spiro atoms. The molecule has 0 bridgehead atoms. The molecule has 5 aliphatic carbocycles. The molecule has 4 saturated carbocycles. The third-order valence-corrected chi connectivity index (χ3v) is 13.8. The van der Waals surface area contributed by atoms with E-state index in [1.54, 1.807) is 0 Å². The zero-order valence-corrected chi connectivity index (χ0v) is 22.9. The highest BCUT2D eigenvalue weighted by Crippen LogP contribution is 2.77. The van der Waals surface area contributed by atoms with Gasteiger partial charge in [0, 0.05) is 17.6 Å². The highest BCUT2D eigenvalue weighted by atomic mass is 16.5. The van der Waals surface area contributed by atoms with E-state index in [9.17, 15) is 5.11 Å². The van der Waals surface area contributed by atoms with Gasteiger partial charge in [0.2, 0.25) is 0 Å². The summed E-state index contributed by atoms with van der Waals surface area (Å²) in [6, 6.07) is 0. The average molecular weight is 468 g/mol. The van der Waals surface area contributed by atoms with Crippen LogP contribution in [-0.2, 0) is 11.8 Å². The number of nitrogens with zero attached hydrogens (tertiary/aromatic N) is 1. The van der Waals surface area contributed by atoms with Crippen molar-refractivity contribution in [2.45, 2.75) is 112 Å². The maximum Gasteiger partial charge on any atom is 0.145 e. The fourth-order valence-electron chi connectivity index (χ4n) is 12.1. The molecule has 0 unspecified atom stereocenters. The summed E-state index contributed by atoms with van der Waals surface area (Å²) in [5, 5.41) is 15.0. The molecular formula is C31H49NO2. The smallest absolute Gasteiger partial charge is 0.145 e. The predicted octanol–water partition coefficient (Wildman–Crippen LogP) is 7.42. The maximum atomic E-state index is 10.7. The molecule has 1 N–H and O–H groups in total. The Hall–Kier alpha value is -0.830. The lowest BCUT2D eigenvalue weighted by Crippen LogP contribution is -2.66. The van der Waals surface area contributed by atoms with Gasteiger partial charge in [0.15, 0.2) is 0 Å². The zero-order valence-electron chi connectivity index (χ0n) is 22.9. The Balaban J connectivity index is 1.42. The van der Waals surface area contributed by atoms with E-state index < -0.39 is 0 Å². The minimum absolute atomic E-state index is 0.0602. The Morgan fingerprint density at radius 2 is 1.71 bits per heavy atom. The first-order valence-electron chi connectivity index (χ1n) is 14.5. The van der Waals surface area contributed by atoms with Crippen LogP contribution in [0.4, 0.5) is 0 Å². The molecule has 9 atom stereocenters. The van der Waals surface area contributed by atoms with Gasteiger partial charge >= 0.3 is 0 Å². The van der Waals surface area contributed by atoms with Gasteiger partial charge in [-0.25, -0.2) is 0 Å². The zero-order chi connectivity index (χ0) is 24.3. The Morgan fingerprint density at radius 3 is 2.41 bits per heavy atom. The molecule has 0 saturated heterocycles. The van der Waals surface area contributed by atoms with Crippen LogP contribution in [0, 0.1) is 57.2 Å². The summed E-state index contributed by atoms with van der Waals surface area (Å²) >= 11 is 0. The topological polar surface area (TPSA) is 46.3 Å². The first kappa shape index (κ1) is 23.6. The van der Waals surface area contributed by atoms with Crippen LogP contribution in [0.1, 0.15) is 111 Å². The Bertz CT molecular complexity index is 964. The van der Waals surface area contributed by atoms with Crippen LogP contribution in [0.5, 0.6) is 0 Å². The van der Waals surface area contributed by atoms with E-state index in [-0.39, 0.29) is 10.8 Å². The summed E-state index contributed by atoms with van der Waals surface area (Å²) in [6.45, 7) is 18.2. The van der Waals surface area contributed by atoms with Crippen LogP contribution < -0.4 is 0 Å². The van der Waals surface area contributed by atoms with E-state index in [0.29, 0.717) is 34.7 Å². The second kappa shape index (κ2) is 7.14. The van der Waals surface area contributed by atoms with Crippen molar-refractivity contribution in [2.24, 2.45) is 57.2 Å². The minimum Gasteiger partial charge on any atom is -0.396 e. The number of fused-ring (bicyclic) bond motifs is 8. The Morgan fingerprint density at radius 1 is 0.941 bits per heavy atom. The number of aromatic nitrogens is 1. The molecule has 1 aromatic rings. The van der Waals surface area contributed by atoms with E-state index in [2.05, 4.69) is 53.6 Å². The number of aliphatic hydroxyl groups is 1. The Kier molecular flexibility index (Phi) is 4.95. The molecule has 190 valence electrons. The Labute approximate surface area is 207 Å². The van der Waals surface area contributed by atoms with E-state index in [1.165, 1.54) is 56.9 Å². The molecule has 1 aromatic heterocycles. The van der Waals surface area contributed by atoms with E-state index in [0.717, 1.165) is 35.9 Å². The predicted molar refractivity (Wildman–Crippen MR) is 136 cm³/mol. The minimum atomic E-state index is 0.0602. The molecule has 0 aliphatic heterocycles. The fourth-order valence-corrected chi connectivity index (χ4v) is 12.1. The lowest BCUT2D eigenvalue weighted by atomic mass is 9.32. The van der Waals surface area contributed by atoms with Crippen molar-refractivity contribution >= 4 is 0 Å². The average Bonchev–Trinajstić information content (AvgIpc) is 3.39. The lowest BCUT2D eigenvalue weighted by molar-refractivity contribution is -0.231. The van der Waals surface area contributed by atoms with Crippen LogP contribution in [-0.4, -0.2) is 16.9 Å². The van der Waals surface area contributed by atoms with Gasteiger partial charge in [0.1, 0.15) is 5.76 Å². The highest BCUT2D eigenvalue weighted by molar-refractivity contribution is 5.32. The largest absolute Gasteiger partial charge is 0.396 e. The van der Waals surface area contributed by atoms with E-state index >= 15 is 0 Å². The summed E-state index contributed by atoms with van der Waals surface area (Å²) in [5.41, 5.74) is 2.69. The second-order valence-electron chi connectivity index (χ2n) is 15.2. The molecule has 0 radical (unpaired) electrons. The van der Waals surface area contributed by atoms with Crippen molar-refractivity contribution in [3.05, 3.63) is 17.5 Å². The van der Waals surface area contributed by atoms with Crippen LogP contribution in [0.3, 0.4) is 0 Å². The first-order valence-corrected chi connectivity index (χ1v) is 14.5. The summed E-state index contributed by atoms with van der Waals surface area (Å²) < 4.78 is 5.86. The van der Waals surface area contributed by atoms with Crippen molar-refractivity contribution < 1.29 is 9.63 Å². The molecule has 3 heteroatoms. The molecule has 3 nitrogen and oxygen atoms in total. The third kappa shape index (κ3) is 2.61. The SMILES string of the molecule is CC(C)[C@@H]1CC[C@]2(CO)CC[C@]3(C)[C@H](CC[C@@H]4[C@@]5(C)Cc6cnoc6C(C)(C)[C@@H]5CC[C@]43C)[C@@H]12. The molecule has 4 fully saturated rings. The molecule has 34 heavy (non-hydrogen) atoms. The standard InChI is InChI=1S/C31H49NO2/c1-19(2)21-10-13-31(18-33)15-14-29(6)22(25(21)31)8-9-24-28(5)16-20-17-32-34-26(20)27(3,4)23(28)11-12-30(24,29)7/h17,19,21-25,33H,8-16,18H2,1-7H3/t21-,22+,23-,24+,25+,28-,29+,30+,31+/m0/s1. The molecule has 6 rings (SSSR count). The first-order chi connectivity index (χ1) is 15.9. The molecule has 5 aliphatic rings. The van der Waals surface area contributed by atoms with Crippen LogP contribution in [0.2, 0.25) is 0 Å². The van der Waals surface area contributed by atoms with Gasteiger partial charge in [-0.1, -0.05) is 53.6 Å². The lowest BCUT2D eigenvalue weighted by Gasteiger charge is -2.72. The number of rotatable bonds is 2. The van der Waals surface area contributed by atoms with Crippen LogP contribution in [0.15, 0.2) is 10.7 Å². The third-order valence-electron chi connectivity index (χ3n) is 13.8. The van der Waals surface area contributed by atoms with Gasteiger partial charge in [0.25, 0.3) is 0 Å². The van der Waals surface area contributed by atoms with Crippen LogP contribution in [0.25, 0.3) is 0 Å². The van der Waals surface area contributed by atoms with Gasteiger partial charge in [-0.2, -0.15) is 0 Å². The second-order valence-corrected chi connectivity index (χ2v) is 15.2. The van der Waals surface area contributed by atoms with Crippen molar-refractivity contribution in [3.63, 3.8) is 0 Å². The number of aliphatic hydroxyl groups excluding tert-OH is 1. The van der Waals surface area contributed by atoms with E-state index in [4.69, 9.17) is 4.52 Å². The molecule has 1 heterocycles. The summed E-state index contributed by atoms with van der Waals surface area (Å²) in [4.78, 5) is 0. The van der Waals surface area contributed by atoms with E-state index in [1.807, 2.05) is 6.20 Å². The maximum absolute atomic E-state index is 10.7. The van der Waals surface area contributed by atoms with Gasteiger partial charge in [-0.05, 0) is 115 Å². The van der Waals surface area contributed by atoms with Crippen molar-refractivity contribution in [1.82, 2.24) is 5.16 Å².